The maximum atomic E-state index is 12.7. The highest BCUT2D eigenvalue weighted by Gasteiger charge is 2.39. The molecule has 1 N–H and O–H groups in total. The van der Waals surface area contributed by atoms with Crippen molar-refractivity contribution in [3.8, 4) is 0 Å². The van der Waals surface area contributed by atoms with Gasteiger partial charge in [-0.1, -0.05) is 0 Å². The van der Waals surface area contributed by atoms with E-state index in [9.17, 15) is 4.79 Å². The quantitative estimate of drug-likeness (QED) is 0.923. The number of hydrogen-bond acceptors (Lipinski definition) is 3. The molecule has 1 aliphatic heterocycles. The van der Waals surface area contributed by atoms with Gasteiger partial charge in [-0.15, -0.1) is 0 Å². The Morgan fingerprint density at radius 1 is 1.25 bits per heavy atom. The van der Waals surface area contributed by atoms with Gasteiger partial charge in [-0.05, 0) is 65.9 Å². The Hall–Kier alpha value is -1.36. The first-order valence-electron chi connectivity index (χ1n) is 9.50. The van der Waals surface area contributed by atoms with Gasteiger partial charge in [-0.3, -0.25) is 14.4 Å². The lowest BCUT2D eigenvalue weighted by molar-refractivity contribution is 0.0931. The van der Waals surface area contributed by atoms with Crippen LogP contribution in [0, 0.1) is 0 Å². The van der Waals surface area contributed by atoms with Crippen LogP contribution in [0.25, 0.3) is 0 Å². The summed E-state index contributed by atoms with van der Waals surface area (Å²) in [5.74, 6) is 0.588. The summed E-state index contributed by atoms with van der Waals surface area (Å²) in [6.07, 6.45) is 6.15. The molecule has 5 heteroatoms. The van der Waals surface area contributed by atoms with E-state index in [2.05, 4.69) is 47.7 Å². The second-order valence-electron chi connectivity index (χ2n) is 8.99. The summed E-state index contributed by atoms with van der Waals surface area (Å²) in [7, 11) is 0. The molecule has 1 aromatic rings. The second kappa shape index (κ2) is 5.58. The van der Waals surface area contributed by atoms with Gasteiger partial charge < -0.3 is 5.32 Å². The standard InChI is InChI=1S/C19H30N4O/c1-12-9-14(11-22(12)15-7-8-15)20-18(24)16-10-17(13-5-6-13)23(21-16)19(2,3)4/h10,12-15H,5-9,11H2,1-4H3,(H,20,24)/t12-,14-/m0/s1. The second-order valence-corrected chi connectivity index (χ2v) is 8.99. The number of aromatic nitrogens is 2. The van der Waals surface area contributed by atoms with E-state index in [4.69, 9.17) is 0 Å². The van der Waals surface area contributed by atoms with Crippen LogP contribution >= 0.6 is 0 Å². The molecule has 0 radical (unpaired) electrons. The summed E-state index contributed by atoms with van der Waals surface area (Å²) < 4.78 is 2.06. The maximum Gasteiger partial charge on any atom is 0.272 e. The summed E-state index contributed by atoms with van der Waals surface area (Å²) in [6.45, 7) is 9.73. The summed E-state index contributed by atoms with van der Waals surface area (Å²) in [5, 5.41) is 7.89. The van der Waals surface area contributed by atoms with Gasteiger partial charge in [0.05, 0.1) is 5.54 Å². The van der Waals surface area contributed by atoms with Crippen LogP contribution in [0.5, 0.6) is 0 Å². The number of carbonyl (C=O) groups excluding carboxylic acids is 1. The van der Waals surface area contributed by atoms with Crippen molar-refractivity contribution >= 4 is 5.91 Å². The van der Waals surface area contributed by atoms with Gasteiger partial charge in [-0.2, -0.15) is 5.10 Å². The molecule has 0 spiro atoms. The molecule has 2 saturated carbocycles. The maximum absolute atomic E-state index is 12.7. The number of hydrogen-bond donors (Lipinski definition) is 1. The average molecular weight is 330 g/mol. The lowest BCUT2D eigenvalue weighted by Gasteiger charge is -2.22. The van der Waals surface area contributed by atoms with E-state index in [1.165, 1.54) is 31.4 Å². The zero-order valence-corrected chi connectivity index (χ0v) is 15.4. The topological polar surface area (TPSA) is 50.2 Å². The van der Waals surface area contributed by atoms with Crippen LogP contribution in [0.4, 0.5) is 0 Å². The predicted octanol–water partition coefficient (Wildman–Crippen LogP) is 2.87. The lowest BCUT2D eigenvalue weighted by atomic mass is 10.1. The van der Waals surface area contributed by atoms with Crippen LogP contribution in [0.1, 0.15) is 81.9 Å². The number of carbonyl (C=O) groups is 1. The van der Waals surface area contributed by atoms with E-state index in [0.717, 1.165) is 19.0 Å². The van der Waals surface area contributed by atoms with E-state index in [1.54, 1.807) is 0 Å². The van der Waals surface area contributed by atoms with Crippen molar-refractivity contribution in [1.82, 2.24) is 20.0 Å². The molecule has 1 amide bonds. The minimum absolute atomic E-state index is 0.00486. The molecule has 1 aromatic heterocycles. The molecule has 0 bridgehead atoms. The Balaban J connectivity index is 1.46. The molecule has 3 fully saturated rings. The van der Waals surface area contributed by atoms with Crippen molar-refractivity contribution < 1.29 is 4.79 Å². The van der Waals surface area contributed by atoms with E-state index in [-0.39, 0.29) is 17.5 Å². The van der Waals surface area contributed by atoms with Gasteiger partial charge >= 0.3 is 0 Å². The smallest absolute Gasteiger partial charge is 0.272 e. The number of nitrogens with one attached hydrogen (secondary N) is 1. The van der Waals surface area contributed by atoms with Crippen molar-refractivity contribution in [3.63, 3.8) is 0 Å². The molecule has 132 valence electrons. The van der Waals surface area contributed by atoms with Crippen molar-refractivity contribution in [1.29, 1.82) is 0 Å². The van der Waals surface area contributed by atoms with E-state index in [1.807, 2.05) is 6.07 Å². The first-order valence-corrected chi connectivity index (χ1v) is 9.50. The molecule has 5 nitrogen and oxygen atoms in total. The summed E-state index contributed by atoms with van der Waals surface area (Å²) in [4.78, 5) is 15.3. The van der Waals surface area contributed by atoms with Crippen molar-refractivity contribution in [2.45, 2.75) is 89.4 Å². The number of amides is 1. The fraction of sp³-hybridized carbons (Fsp3) is 0.789. The van der Waals surface area contributed by atoms with Crippen molar-refractivity contribution in [2.24, 2.45) is 0 Å². The van der Waals surface area contributed by atoms with Gasteiger partial charge in [0.15, 0.2) is 0 Å². The van der Waals surface area contributed by atoms with Crippen LogP contribution in [-0.2, 0) is 5.54 Å². The van der Waals surface area contributed by atoms with Crippen molar-refractivity contribution in [3.05, 3.63) is 17.5 Å². The molecule has 0 unspecified atom stereocenters. The van der Waals surface area contributed by atoms with E-state index >= 15 is 0 Å². The largest absolute Gasteiger partial charge is 0.347 e. The molecule has 2 heterocycles. The Kier molecular flexibility index (Phi) is 3.75. The van der Waals surface area contributed by atoms with Crippen LogP contribution < -0.4 is 5.32 Å². The monoisotopic (exact) mass is 330 g/mol. The molecule has 24 heavy (non-hydrogen) atoms. The van der Waals surface area contributed by atoms with Gasteiger partial charge in [-0.25, -0.2) is 0 Å². The van der Waals surface area contributed by atoms with Gasteiger partial charge in [0.2, 0.25) is 0 Å². The van der Waals surface area contributed by atoms with Gasteiger partial charge in [0, 0.05) is 36.3 Å². The van der Waals surface area contributed by atoms with Crippen LogP contribution in [0.2, 0.25) is 0 Å². The number of rotatable bonds is 4. The molecule has 2 atom stereocenters. The third-order valence-electron chi connectivity index (χ3n) is 5.57. The van der Waals surface area contributed by atoms with Crippen LogP contribution in [0.3, 0.4) is 0 Å². The molecule has 3 aliphatic rings. The van der Waals surface area contributed by atoms with Gasteiger partial charge in [0.1, 0.15) is 5.69 Å². The molecule has 0 aromatic carbocycles. The lowest BCUT2D eigenvalue weighted by Crippen LogP contribution is -2.38. The summed E-state index contributed by atoms with van der Waals surface area (Å²) >= 11 is 0. The molecular formula is C19H30N4O. The first kappa shape index (κ1) is 16.1. The zero-order valence-electron chi connectivity index (χ0n) is 15.4. The highest BCUT2D eigenvalue weighted by Crippen LogP contribution is 2.41. The Labute approximate surface area is 144 Å². The minimum Gasteiger partial charge on any atom is -0.347 e. The predicted molar refractivity (Wildman–Crippen MR) is 94.3 cm³/mol. The van der Waals surface area contributed by atoms with Crippen LogP contribution in [0.15, 0.2) is 6.07 Å². The number of nitrogens with zero attached hydrogens (tertiary/aromatic N) is 3. The first-order chi connectivity index (χ1) is 11.3. The normalized spacial score (nSPS) is 28.3. The molecular weight excluding hydrogens is 300 g/mol. The number of likely N-dealkylation sites (tertiary alicyclic amines) is 1. The highest BCUT2D eigenvalue weighted by molar-refractivity contribution is 5.92. The van der Waals surface area contributed by atoms with Crippen LogP contribution in [-0.4, -0.2) is 45.3 Å². The highest BCUT2D eigenvalue weighted by atomic mass is 16.2. The Morgan fingerprint density at radius 2 is 1.96 bits per heavy atom. The van der Waals surface area contributed by atoms with Crippen molar-refractivity contribution in [2.75, 3.05) is 6.54 Å². The SMILES string of the molecule is C[C@H]1C[C@H](NC(=O)c2cc(C3CC3)n(C(C)(C)C)n2)CN1C1CC1. The Morgan fingerprint density at radius 3 is 2.54 bits per heavy atom. The molecule has 1 saturated heterocycles. The fourth-order valence-corrected chi connectivity index (χ4v) is 4.05. The zero-order chi connectivity index (χ0) is 17.1. The minimum atomic E-state index is -0.0822. The average Bonchev–Trinajstić information content (AvgIpc) is 3.42. The molecule has 2 aliphatic carbocycles. The summed E-state index contributed by atoms with van der Waals surface area (Å²) in [5.41, 5.74) is 1.73. The van der Waals surface area contributed by atoms with Gasteiger partial charge in [0.25, 0.3) is 5.91 Å². The van der Waals surface area contributed by atoms with E-state index in [0.29, 0.717) is 17.7 Å². The fourth-order valence-electron chi connectivity index (χ4n) is 4.05. The van der Waals surface area contributed by atoms with E-state index < -0.39 is 0 Å². The Bertz CT molecular complexity index is 636. The summed E-state index contributed by atoms with van der Waals surface area (Å²) in [6, 6.07) is 3.63. The molecule has 4 rings (SSSR count). The third-order valence-corrected chi connectivity index (χ3v) is 5.57. The third kappa shape index (κ3) is 3.10.